The zero-order chi connectivity index (χ0) is 30.3. The molecule has 1 saturated heterocycles. The molecule has 11 heteroatoms. The van der Waals surface area contributed by atoms with Crippen LogP contribution in [-0.2, 0) is 27.5 Å². The van der Waals surface area contributed by atoms with Crippen LogP contribution in [0, 0.1) is 6.92 Å². The molecule has 220 valence electrons. The Morgan fingerprint density at radius 2 is 1.84 bits per heavy atom. The van der Waals surface area contributed by atoms with Crippen LogP contribution in [0.1, 0.15) is 34.6 Å². The summed E-state index contributed by atoms with van der Waals surface area (Å²) in [5, 5.41) is 5.76. The summed E-state index contributed by atoms with van der Waals surface area (Å²) in [6.45, 7) is 3.84. The van der Waals surface area contributed by atoms with Gasteiger partial charge >= 0.3 is 6.09 Å². The molecule has 1 aromatic heterocycles. The maximum Gasteiger partial charge on any atom is 0.408 e. The highest BCUT2D eigenvalue weighted by atomic mass is 35.5. The summed E-state index contributed by atoms with van der Waals surface area (Å²) >= 11 is 7.76. The lowest BCUT2D eigenvalue weighted by Crippen LogP contribution is -2.41. The third-order valence-electron chi connectivity index (χ3n) is 6.58. The first kappa shape index (κ1) is 29.9. The molecule has 1 fully saturated rings. The SMILES string of the molecule is Cc1ccc(N=C2SC(c3ccc(NC(=O)[C@@H](C)NC(=O)OCc4ccccc4)cc3)C(=O)N2Cc2ccco2)c(Cl)c1. The van der Waals surface area contributed by atoms with E-state index in [1.807, 2.05) is 55.5 Å². The third kappa shape index (κ3) is 7.65. The standard InChI is InChI=1S/C32H29ClN4O5S/c1-20-10-15-27(26(33)17-20)36-31-37(18-25-9-6-16-41-25)30(39)28(43-31)23-11-13-24(14-12-23)35-29(38)21(2)34-32(40)42-19-22-7-4-3-5-8-22/h3-17,21,28H,18-19H2,1-2H3,(H,34,40)(H,35,38)/t21-,28?/m1/s1. The van der Waals surface area contributed by atoms with E-state index in [9.17, 15) is 14.4 Å². The Labute approximate surface area is 258 Å². The largest absolute Gasteiger partial charge is 0.467 e. The van der Waals surface area contributed by atoms with Crippen molar-refractivity contribution in [1.82, 2.24) is 10.2 Å². The average molecular weight is 617 g/mol. The zero-order valence-electron chi connectivity index (χ0n) is 23.5. The van der Waals surface area contributed by atoms with Gasteiger partial charge in [-0.3, -0.25) is 14.5 Å². The number of aliphatic imine (C=N–C) groups is 1. The molecule has 2 atom stereocenters. The van der Waals surface area contributed by atoms with Crippen molar-refractivity contribution in [3.63, 3.8) is 0 Å². The highest BCUT2D eigenvalue weighted by Gasteiger charge is 2.39. The number of alkyl carbamates (subject to hydrolysis) is 1. The van der Waals surface area contributed by atoms with Gasteiger partial charge in [0.05, 0.1) is 23.5 Å². The zero-order valence-corrected chi connectivity index (χ0v) is 25.0. The molecule has 0 bridgehead atoms. The number of aryl methyl sites for hydroxylation is 1. The van der Waals surface area contributed by atoms with Crippen LogP contribution >= 0.6 is 23.4 Å². The van der Waals surface area contributed by atoms with Crippen molar-refractivity contribution < 1.29 is 23.5 Å². The van der Waals surface area contributed by atoms with Crippen LogP contribution < -0.4 is 10.6 Å². The minimum atomic E-state index is -0.836. The lowest BCUT2D eigenvalue weighted by atomic mass is 10.1. The number of nitrogens with one attached hydrogen (secondary N) is 2. The van der Waals surface area contributed by atoms with Crippen molar-refractivity contribution in [3.8, 4) is 0 Å². The van der Waals surface area contributed by atoms with E-state index in [0.29, 0.717) is 27.3 Å². The predicted molar refractivity (Wildman–Crippen MR) is 167 cm³/mol. The van der Waals surface area contributed by atoms with Crippen LogP contribution in [0.3, 0.4) is 0 Å². The fourth-order valence-corrected chi connectivity index (χ4v) is 5.70. The minimum absolute atomic E-state index is 0.101. The Hall–Kier alpha value is -4.54. The van der Waals surface area contributed by atoms with Gasteiger partial charge in [0.2, 0.25) is 11.8 Å². The van der Waals surface area contributed by atoms with Gasteiger partial charge < -0.3 is 19.8 Å². The van der Waals surface area contributed by atoms with E-state index in [4.69, 9.17) is 25.7 Å². The number of carbonyl (C=O) groups excluding carboxylic acids is 3. The van der Waals surface area contributed by atoms with Crippen molar-refractivity contribution >= 4 is 57.8 Å². The van der Waals surface area contributed by atoms with E-state index < -0.39 is 23.3 Å². The maximum atomic E-state index is 13.6. The number of amidine groups is 1. The average Bonchev–Trinajstić information content (AvgIpc) is 3.62. The van der Waals surface area contributed by atoms with Gasteiger partial charge in [0.15, 0.2) is 5.17 Å². The number of ether oxygens (including phenoxy) is 1. The van der Waals surface area contributed by atoms with Gasteiger partial charge in [-0.2, -0.15) is 0 Å². The van der Waals surface area contributed by atoms with Crippen LogP contribution in [0.5, 0.6) is 0 Å². The minimum Gasteiger partial charge on any atom is -0.467 e. The fraction of sp³-hybridized carbons (Fsp3) is 0.188. The first-order valence-electron chi connectivity index (χ1n) is 13.5. The van der Waals surface area contributed by atoms with Gasteiger partial charge in [0.1, 0.15) is 23.7 Å². The number of anilines is 1. The second-order valence-electron chi connectivity index (χ2n) is 9.89. The Morgan fingerprint density at radius 3 is 2.53 bits per heavy atom. The summed E-state index contributed by atoms with van der Waals surface area (Å²) in [4.78, 5) is 44.7. The Balaban J connectivity index is 1.24. The number of thioether (sulfide) groups is 1. The number of carbonyl (C=O) groups is 3. The summed E-state index contributed by atoms with van der Waals surface area (Å²) < 4.78 is 10.7. The quantitative estimate of drug-likeness (QED) is 0.209. The maximum absolute atomic E-state index is 13.6. The Kier molecular flexibility index (Phi) is 9.48. The van der Waals surface area contributed by atoms with Crippen molar-refractivity contribution in [2.75, 3.05) is 5.32 Å². The van der Waals surface area contributed by atoms with E-state index >= 15 is 0 Å². The van der Waals surface area contributed by atoms with E-state index in [-0.39, 0.29) is 19.1 Å². The monoisotopic (exact) mass is 616 g/mol. The number of nitrogens with zero attached hydrogens (tertiary/aromatic N) is 2. The van der Waals surface area contributed by atoms with Crippen LogP contribution in [0.25, 0.3) is 0 Å². The number of furan rings is 1. The van der Waals surface area contributed by atoms with Gasteiger partial charge in [0.25, 0.3) is 0 Å². The number of amides is 3. The summed E-state index contributed by atoms with van der Waals surface area (Å²) in [6, 6.07) is 24.6. The van der Waals surface area contributed by atoms with Gasteiger partial charge in [-0.15, -0.1) is 0 Å². The van der Waals surface area contributed by atoms with Crippen LogP contribution in [0.4, 0.5) is 16.2 Å². The fourth-order valence-electron chi connectivity index (χ4n) is 4.26. The molecule has 3 aromatic carbocycles. The van der Waals surface area contributed by atoms with Gasteiger partial charge in [-0.05, 0) is 66.9 Å². The molecule has 3 amide bonds. The second kappa shape index (κ2) is 13.6. The molecule has 5 rings (SSSR count). The molecule has 43 heavy (non-hydrogen) atoms. The highest BCUT2D eigenvalue weighted by Crippen LogP contribution is 2.42. The van der Waals surface area contributed by atoms with Crippen molar-refractivity contribution in [2.24, 2.45) is 4.99 Å². The molecule has 1 unspecified atom stereocenters. The highest BCUT2D eigenvalue weighted by molar-refractivity contribution is 8.15. The van der Waals surface area contributed by atoms with Crippen molar-refractivity contribution in [2.45, 2.75) is 38.3 Å². The summed E-state index contributed by atoms with van der Waals surface area (Å²) in [7, 11) is 0. The van der Waals surface area contributed by atoms with E-state index in [1.54, 1.807) is 54.5 Å². The topological polar surface area (TPSA) is 113 Å². The predicted octanol–water partition coefficient (Wildman–Crippen LogP) is 7.00. The molecule has 0 spiro atoms. The van der Waals surface area contributed by atoms with Crippen molar-refractivity contribution in [1.29, 1.82) is 0 Å². The second-order valence-corrected chi connectivity index (χ2v) is 11.4. The normalized spacial score (nSPS) is 16.3. The van der Waals surface area contributed by atoms with Gasteiger partial charge in [0, 0.05) is 5.69 Å². The van der Waals surface area contributed by atoms with Crippen LogP contribution in [0.15, 0.2) is 101 Å². The molecule has 0 radical (unpaired) electrons. The molecule has 4 aromatic rings. The number of hydrogen-bond donors (Lipinski definition) is 2. The smallest absolute Gasteiger partial charge is 0.408 e. The molecule has 1 aliphatic rings. The van der Waals surface area contributed by atoms with Gasteiger partial charge in [-0.25, -0.2) is 9.79 Å². The number of hydrogen-bond acceptors (Lipinski definition) is 7. The van der Waals surface area contributed by atoms with Crippen LogP contribution in [0.2, 0.25) is 5.02 Å². The summed E-state index contributed by atoms with van der Waals surface area (Å²) in [5.41, 5.74) is 3.68. The number of benzene rings is 3. The van der Waals surface area contributed by atoms with Gasteiger partial charge in [-0.1, -0.05) is 71.9 Å². The molecule has 2 heterocycles. The van der Waals surface area contributed by atoms with Crippen LogP contribution in [-0.4, -0.2) is 34.0 Å². The lowest BCUT2D eigenvalue weighted by Gasteiger charge is -2.16. The Bertz CT molecular complexity index is 1630. The Morgan fingerprint density at radius 1 is 1.07 bits per heavy atom. The van der Waals surface area contributed by atoms with Crippen molar-refractivity contribution in [3.05, 3.63) is 119 Å². The molecule has 0 aliphatic carbocycles. The first-order chi connectivity index (χ1) is 20.8. The summed E-state index contributed by atoms with van der Waals surface area (Å²) in [5.74, 6) is 0.0683. The third-order valence-corrected chi connectivity index (χ3v) is 8.11. The summed E-state index contributed by atoms with van der Waals surface area (Å²) in [6.07, 6.45) is 0.868. The number of halogens is 1. The molecule has 9 nitrogen and oxygen atoms in total. The first-order valence-corrected chi connectivity index (χ1v) is 14.8. The molecular weight excluding hydrogens is 588 g/mol. The molecule has 1 aliphatic heterocycles. The number of rotatable bonds is 9. The van der Waals surface area contributed by atoms with E-state index in [2.05, 4.69) is 10.6 Å². The molecular formula is C32H29ClN4O5S. The van der Waals surface area contributed by atoms with E-state index in [0.717, 1.165) is 16.7 Å². The molecule has 0 saturated carbocycles. The lowest BCUT2D eigenvalue weighted by molar-refractivity contribution is -0.126. The molecule has 2 N–H and O–H groups in total. The van der Waals surface area contributed by atoms with E-state index in [1.165, 1.54) is 11.8 Å².